The molecule has 12 nitrogen and oxygen atoms in total. The van der Waals surface area contributed by atoms with Crippen LogP contribution in [0.3, 0.4) is 0 Å². The number of aromatic nitrogens is 10. The van der Waals surface area contributed by atoms with E-state index < -0.39 is 0 Å². The fraction of sp³-hybridized carbons (Fsp3) is 0.0476. The van der Waals surface area contributed by atoms with Gasteiger partial charge < -0.3 is 21.0 Å². The van der Waals surface area contributed by atoms with Crippen molar-refractivity contribution in [3.05, 3.63) is 158 Å². The van der Waals surface area contributed by atoms with E-state index in [1.165, 1.54) is 12.7 Å². The van der Waals surface area contributed by atoms with E-state index in [4.69, 9.17) is 62.1 Å². The number of anilines is 1. The second-order valence-electron chi connectivity index (χ2n) is 12.8. The number of fused-ring (bicyclic) bond motifs is 4. The summed E-state index contributed by atoms with van der Waals surface area (Å²) in [6.45, 7) is 0.886. The molecule has 0 spiro atoms. The molecule has 0 aliphatic carbocycles. The summed E-state index contributed by atoms with van der Waals surface area (Å²) in [5.41, 5.74) is 15.8. The largest absolute Gasteiger partial charge is 0.364 e. The van der Waals surface area contributed by atoms with Crippen LogP contribution >= 0.6 is 62.3 Å². The number of halogens is 5. The van der Waals surface area contributed by atoms with Crippen LogP contribution in [0.4, 0.5) is 5.82 Å². The molecule has 0 fully saturated rings. The Morgan fingerprint density at radius 3 is 1.68 bits per heavy atom. The normalized spacial score (nSPS) is 11.0. The minimum Gasteiger partial charge on any atom is -0.364 e. The van der Waals surface area contributed by atoms with Gasteiger partial charge in [0.25, 0.3) is 0 Å². The highest BCUT2D eigenvalue weighted by Crippen LogP contribution is 2.34. The zero-order valence-electron chi connectivity index (χ0n) is 30.5. The van der Waals surface area contributed by atoms with Crippen LogP contribution in [0.5, 0.6) is 0 Å². The molecule has 0 unspecified atom stereocenters. The van der Waals surface area contributed by atoms with Gasteiger partial charge in [0.2, 0.25) is 0 Å². The number of pyridine rings is 2. The lowest BCUT2D eigenvalue weighted by atomic mass is 10.0. The monoisotopic (exact) mass is 920 g/mol. The molecule has 0 aliphatic heterocycles. The number of benzene rings is 4. The van der Waals surface area contributed by atoms with Gasteiger partial charge in [0.05, 0.1) is 35.1 Å². The fourth-order valence-electron chi connectivity index (χ4n) is 6.26. The van der Waals surface area contributed by atoms with Crippen LogP contribution in [0.1, 0.15) is 11.1 Å². The number of hydrogen-bond acceptors (Lipinski definition) is 10. The molecule has 10 rings (SSSR count). The molecule has 10 aromatic rings. The van der Waals surface area contributed by atoms with Crippen LogP contribution in [0.15, 0.2) is 127 Å². The highest BCUT2D eigenvalue weighted by Gasteiger charge is 2.15. The number of nitrogens with two attached hydrogens (primary N) is 1. The van der Waals surface area contributed by atoms with Gasteiger partial charge in [-0.25, -0.2) is 39.9 Å². The van der Waals surface area contributed by atoms with Crippen LogP contribution in [-0.4, -0.2) is 49.8 Å². The van der Waals surface area contributed by atoms with Crippen molar-refractivity contribution < 1.29 is 0 Å². The quantitative estimate of drug-likeness (QED) is 0.118. The first-order chi connectivity index (χ1) is 28.7. The van der Waals surface area contributed by atoms with Crippen molar-refractivity contribution in [3.63, 3.8) is 0 Å². The topological polar surface area (TPSA) is 173 Å². The van der Waals surface area contributed by atoms with E-state index in [2.05, 4.69) is 67.2 Å². The number of aromatic amines is 2. The number of nitrogens with one attached hydrogen (secondary N) is 3. The second kappa shape index (κ2) is 18.0. The average Bonchev–Trinajstić information content (AvgIpc) is 3.95. The van der Waals surface area contributed by atoms with Gasteiger partial charge in [-0.05, 0) is 87.7 Å². The summed E-state index contributed by atoms with van der Waals surface area (Å²) in [5.74, 6) is 0.670. The molecular formula is C42H29BrCl4N12. The Morgan fingerprint density at radius 2 is 1.10 bits per heavy atom. The summed E-state index contributed by atoms with van der Waals surface area (Å²) >= 11 is 28.2. The summed E-state index contributed by atoms with van der Waals surface area (Å²) in [6.07, 6.45) is 6.13. The first kappa shape index (κ1) is 40.0. The average molecular weight is 923 g/mol. The highest BCUT2D eigenvalue weighted by atomic mass is 79.9. The number of hydrogen-bond donors (Lipinski definition) is 4. The predicted molar refractivity (Wildman–Crippen MR) is 241 cm³/mol. The van der Waals surface area contributed by atoms with Crippen molar-refractivity contribution in [2.75, 3.05) is 5.32 Å². The third-order valence-corrected chi connectivity index (χ3v) is 10.8. The minimum atomic E-state index is 0.399. The van der Waals surface area contributed by atoms with E-state index in [9.17, 15) is 0 Å². The van der Waals surface area contributed by atoms with Crippen LogP contribution in [0, 0.1) is 0 Å². The third kappa shape index (κ3) is 8.96. The molecule has 59 heavy (non-hydrogen) atoms. The molecular weight excluding hydrogens is 894 g/mol. The Hall–Kier alpha value is -5.80. The van der Waals surface area contributed by atoms with E-state index in [-0.39, 0.29) is 0 Å². The van der Waals surface area contributed by atoms with Crippen LogP contribution < -0.4 is 11.1 Å². The summed E-state index contributed by atoms with van der Waals surface area (Å²) in [4.78, 5) is 40.0. The first-order valence-electron chi connectivity index (χ1n) is 17.8. The number of imidazole rings is 2. The van der Waals surface area contributed by atoms with Crippen molar-refractivity contribution in [2.24, 2.45) is 5.73 Å². The van der Waals surface area contributed by atoms with Gasteiger partial charge in [0.15, 0.2) is 17.1 Å². The summed E-state index contributed by atoms with van der Waals surface area (Å²) in [6, 6.07) is 30.7. The summed E-state index contributed by atoms with van der Waals surface area (Å²) in [7, 11) is 0. The van der Waals surface area contributed by atoms with Crippen molar-refractivity contribution in [1.82, 2.24) is 49.8 Å². The molecule has 4 aromatic carbocycles. The zero-order chi connectivity index (χ0) is 40.9. The van der Waals surface area contributed by atoms with Gasteiger partial charge >= 0.3 is 0 Å². The van der Waals surface area contributed by atoms with Gasteiger partial charge in [0.1, 0.15) is 28.3 Å². The standard InChI is InChI=1S/C21H14Cl2N6.C16H12Cl2N2.C5H3BrN4/c22-14-5-6-17-12(8-14)7-13(18(29-17)15-3-1-2-4-16(15)23)9-24-20-19-21(26-10-25-19)28-11-27-20;17-12-5-6-15-10(8-12)7-11(9-19)16(20-15)13-3-1-2-4-14(13)18;6-4-3-5(9-1-7-3)10-2-8-4/h1-8,10-11H,9H2,(H2,24,25,26,27,28);1-8H,9,19H2;1-2H,(H,7,8,9,10). The molecule has 5 N–H and O–H groups in total. The molecule has 0 bridgehead atoms. The van der Waals surface area contributed by atoms with Crippen molar-refractivity contribution in [2.45, 2.75) is 13.1 Å². The highest BCUT2D eigenvalue weighted by molar-refractivity contribution is 9.10. The Kier molecular flexibility index (Phi) is 12.2. The predicted octanol–water partition coefficient (Wildman–Crippen LogP) is 11.3. The lowest BCUT2D eigenvalue weighted by Crippen LogP contribution is -2.05. The lowest BCUT2D eigenvalue weighted by Gasteiger charge is -2.14. The maximum absolute atomic E-state index is 6.47. The molecule has 17 heteroatoms. The summed E-state index contributed by atoms with van der Waals surface area (Å²) < 4.78 is 0.745. The summed E-state index contributed by atoms with van der Waals surface area (Å²) in [5, 5.41) is 7.97. The van der Waals surface area contributed by atoms with E-state index >= 15 is 0 Å². The number of rotatable bonds is 6. The van der Waals surface area contributed by atoms with E-state index in [1.54, 1.807) is 12.7 Å². The Bertz CT molecular complexity index is 3100. The van der Waals surface area contributed by atoms with Crippen molar-refractivity contribution in [3.8, 4) is 22.5 Å². The van der Waals surface area contributed by atoms with E-state index in [0.717, 1.165) is 71.1 Å². The Morgan fingerprint density at radius 1 is 0.576 bits per heavy atom. The molecule has 0 radical (unpaired) electrons. The van der Waals surface area contributed by atoms with E-state index in [0.29, 0.717) is 50.3 Å². The molecule has 0 atom stereocenters. The lowest BCUT2D eigenvalue weighted by molar-refractivity contribution is 1.06. The second-order valence-corrected chi connectivity index (χ2v) is 15.2. The van der Waals surface area contributed by atoms with Gasteiger partial charge in [-0.3, -0.25) is 0 Å². The number of nitrogens with zero attached hydrogens (tertiary/aromatic N) is 8. The molecule has 292 valence electrons. The Balaban J connectivity index is 0.000000138. The molecule has 0 saturated carbocycles. The van der Waals surface area contributed by atoms with Crippen LogP contribution in [-0.2, 0) is 13.1 Å². The zero-order valence-corrected chi connectivity index (χ0v) is 35.1. The van der Waals surface area contributed by atoms with Gasteiger partial charge in [-0.2, -0.15) is 0 Å². The van der Waals surface area contributed by atoms with Crippen molar-refractivity contribution >= 4 is 112 Å². The molecule has 6 aromatic heterocycles. The van der Waals surface area contributed by atoms with E-state index in [1.807, 2.05) is 91.0 Å². The maximum Gasteiger partial charge on any atom is 0.182 e. The fourth-order valence-corrected chi connectivity index (χ4v) is 7.45. The molecule has 6 heterocycles. The first-order valence-corrected chi connectivity index (χ1v) is 20.1. The van der Waals surface area contributed by atoms with Crippen LogP contribution in [0.25, 0.3) is 66.6 Å². The smallest absolute Gasteiger partial charge is 0.182 e. The minimum absolute atomic E-state index is 0.399. The van der Waals surface area contributed by atoms with Crippen molar-refractivity contribution in [1.29, 1.82) is 0 Å². The molecule has 0 amide bonds. The molecule has 0 saturated heterocycles. The SMILES string of the molecule is Brc1ncnc2nc[nH]c12.Clc1ccc2nc(-c3ccccc3Cl)c(CNc3ncnc4nc[nH]c34)cc2c1.NCc1cc2cc(Cl)ccc2nc1-c1ccccc1Cl. The number of H-pyrrole nitrogens is 2. The Labute approximate surface area is 364 Å². The maximum atomic E-state index is 6.47. The molecule has 0 aliphatic rings. The third-order valence-electron chi connectivity index (χ3n) is 9.04. The van der Waals surface area contributed by atoms with Crippen LogP contribution in [0.2, 0.25) is 20.1 Å². The van der Waals surface area contributed by atoms with Gasteiger partial charge in [-0.1, -0.05) is 82.8 Å². The van der Waals surface area contributed by atoms with Gasteiger partial charge in [0, 0.05) is 55.1 Å². The van der Waals surface area contributed by atoms with Gasteiger partial charge in [-0.15, -0.1) is 0 Å².